The number of aliphatic hydroxyl groups is 1. The monoisotopic (exact) mass is 535 g/mol. The van der Waals surface area contributed by atoms with Crippen LogP contribution in [0, 0.1) is 0 Å². The third kappa shape index (κ3) is 5.93. The zero-order valence-corrected chi connectivity index (χ0v) is 23.0. The molecule has 1 atom stereocenters. The second-order valence-corrected chi connectivity index (χ2v) is 10.2. The highest BCUT2D eigenvalue weighted by atomic mass is 16.5. The largest absolute Gasteiger partial charge is 0.466 e. The summed E-state index contributed by atoms with van der Waals surface area (Å²) in [6.07, 6.45) is 6.94. The van der Waals surface area contributed by atoms with Gasteiger partial charge in [0, 0.05) is 25.7 Å². The zero-order chi connectivity index (χ0) is 27.8. The third-order valence-electron chi connectivity index (χ3n) is 7.67. The number of aliphatic hydroxyl groups excluding tert-OH is 1. The molecule has 1 saturated heterocycles. The number of ether oxygens (including phenoxy) is 1. The van der Waals surface area contributed by atoms with Crippen molar-refractivity contribution in [3.63, 3.8) is 0 Å². The fourth-order valence-corrected chi connectivity index (χ4v) is 5.77. The van der Waals surface area contributed by atoms with Gasteiger partial charge in [0.25, 0.3) is 0 Å². The van der Waals surface area contributed by atoms with Crippen LogP contribution >= 0.6 is 0 Å². The number of hydrogen-bond donors (Lipinski definition) is 1. The standard InChI is InChI=1S/C34H37N3O3/c1-2-40-33(39)19-18-27-24-35-37(25-27)23-20-28-26-36(22-21-32(28)38)34(29-12-6-3-7-13-29,30-14-8-4-9-15-30)31-16-10-5-11-17-31/h3-17,20,24-25,32,38H,2,18-19,21-23,26H2,1H3. The molecule has 40 heavy (non-hydrogen) atoms. The maximum absolute atomic E-state index is 11.7. The van der Waals surface area contributed by atoms with Gasteiger partial charge in [-0.05, 0) is 47.6 Å². The summed E-state index contributed by atoms with van der Waals surface area (Å²) < 4.78 is 6.89. The Morgan fingerprint density at radius 3 is 2.10 bits per heavy atom. The van der Waals surface area contributed by atoms with Gasteiger partial charge < -0.3 is 9.84 Å². The van der Waals surface area contributed by atoms with E-state index in [4.69, 9.17) is 4.74 Å². The molecule has 1 fully saturated rings. The first-order valence-electron chi connectivity index (χ1n) is 14.1. The molecular formula is C34H37N3O3. The average molecular weight is 536 g/mol. The Bertz CT molecular complexity index is 1300. The van der Waals surface area contributed by atoms with Gasteiger partial charge >= 0.3 is 5.97 Å². The van der Waals surface area contributed by atoms with Gasteiger partial charge in [0.1, 0.15) is 0 Å². The highest BCUT2D eigenvalue weighted by Gasteiger charge is 2.44. The molecule has 0 saturated carbocycles. The highest BCUT2D eigenvalue weighted by molar-refractivity contribution is 5.69. The number of carbonyl (C=O) groups is 1. The molecular weight excluding hydrogens is 498 g/mol. The van der Waals surface area contributed by atoms with Crippen molar-refractivity contribution in [3.05, 3.63) is 137 Å². The predicted octanol–water partition coefficient (Wildman–Crippen LogP) is 5.36. The second-order valence-electron chi connectivity index (χ2n) is 10.2. The van der Waals surface area contributed by atoms with Crippen LogP contribution in [0.2, 0.25) is 0 Å². The number of hydrogen-bond acceptors (Lipinski definition) is 5. The number of esters is 1. The lowest BCUT2D eigenvalue weighted by atomic mass is 9.74. The van der Waals surface area contributed by atoms with Crippen molar-refractivity contribution in [2.75, 3.05) is 19.7 Å². The zero-order valence-electron chi connectivity index (χ0n) is 23.0. The summed E-state index contributed by atoms with van der Waals surface area (Å²) in [7, 11) is 0. The van der Waals surface area contributed by atoms with Crippen LogP contribution in [-0.4, -0.2) is 51.6 Å². The molecule has 0 bridgehead atoms. The predicted molar refractivity (Wildman–Crippen MR) is 157 cm³/mol. The van der Waals surface area contributed by atoms with Crippen LogP contribution < -0.4 is 0 Å². The van der Waals surface area contributed by atoms with E-state index in [-0.39, 0.29) is 5.97 Å². The number of nitrogens with zero attached hydrogens (tertiary/aromatic N) is 3. The molecule has 4 aromatic rings. The summed E-state index contributed by atoms with van der Waals surface area (Å²) in [4.78, 5) is 14.2. The molecule has 0 radical (unpaired) electrons. The van der Waals surface area contributed by atoms with Crippen molar-refractivity contribution in [2.45, 2.75) is 44.4 Å². The quantitative estimate of drug-likeness (QED) is 0.168. The maximum atomic E-state index is 11.7. The Balaban J connectivity index is 1.45. The van der Waals surface area contributed by atoms with E-state index in [9.17, 15) is 9.90 Å². The van der Waals surface area contributed by atoms with E-state index in [2.05, 4.69) is 107 Å². The van der Waals surface area contributed by atoms with Gasteiger partial charge in [-0.25, -0.2) is 0 Å². The first-order valence-corrected chi connectivity index (χ1v) is 14.1. The molecule has 0 spiro atoms. The van der Waals surface area contributed by atoms with Crippen molar-refractivity contribution in [3.8, 4) is 0 Å². The van der Waals surface area contributed by atoms with Gasteiger partial charge in [0.15, 0.2) is 0 Å². The number of piperidine rings is 1. The molecule has 1 aliphatic rings. The Morgan fingerprint density at radius 2 is 1.55 bits per heavy atom. The molecule has 1 aromatic heterocycles. The van der Waals surface area contributed by atoms with Gasteiger partial charge in [-0.3, -0.25) is 14.4 Å². The van der Waals surface area contributed by atoms with Crippen molar-refractivity contribution in [1.29, 1.82) is 0 Å². The van der Waals surface area contributed by atoms with Crippen molar-refractivity contribution < 1.29 is 14.6 Å². The molecule has 1 N–H and O–H groups in total. The Labute approximate surface area is 236 Å². The van der Waals surface area contributed by atoms with E-state index in [0.29, 0.717) is 39.0 Å². The molecule has 3 aromatic carbocycles. The molecule has 6 heteroatoms. The molecule has 206 valence electrons. The fraction of sp³-hybridized carbons (Fsp3) is 0.294. The topological polar surface area (TPSA) is 67.6 Å². The van der Waals surface area contributed by atoms with Gasteiger partial charge in [0.05, 0.1) is 31.0 Å². The van der Waals surface area contributed by atoms with Crippen LogP contribution in [0.25, 0.3) is 0 Å². The van der Waals surface area contributed by atoms with E-state index in [1.165, 1.54) is 16.7 Å². The van der Waals surface area contributed by atoms with Crippen LogP contribution in [0.3, 0.4) is 0 Å². The minimum absolute atomic E-state index is 0.193. The van der Waals surface area contributed by atoms with Gasteiger partial charge in [-0.15, -0.1) is 0 Å². The molecule has 1 unspecified atom stereocenters. The lowest BCUT2D eigenvalue weighted by molar-refractivity contribution is -0.143. The number of benzene rings is 3. The Morgan fingerprint density at radius 1 is 0.975 bits per heavy atom. The average Bonchev–Trinajstić information content (AvgIpc) is 3.46. The van der Waals surface area contributed by atoms with E-state index in [0.717, 1.165) is 17.7 Å². The van der Waals surface area contributed by atoms with Crippen molar-refractivity contribution in [1.82, 2.24) is 14.7 Å². The van der Waals surface area contributed by atoms with E-state index in [1.54, 1.807) is 6.20 Å². The maximum Gasteiger partial charge on any atom is 0.306 e. The normalized spacial score (nSPS) is 17.1. The Hall–Kier alpha value is -4.00. The lowest BCUT2D eigenvalue weighted by Crippen LogP contribution is -2.53. The summed E-state index contributed by atoms with van der Waals surface area (Å²) in [5.41, 5.74) is 5.05. The van der Waals surface area contributed by atoms with Gasteiger partial charge in [-0.2, -0.15) is 5.10 Å². The number of allylic oxidation sites excluding steroid dienone is 1. The number of aromatic nitrogens is 2. The Kier molecular flexibility index (Phi) is 8.89. The van der Waals surface area contributed by atoms with Crippen LogP contribution in [0.4, 0.5) is 0 Å². The van der Waals surface area contributed by atoms with E-state index < -0.39 is 11.6 Å². The molecule has 1 aliphatic heterocycles. The lowest BCUT2D eigenvalue weighted by Gasteiger charge is -2.48. The van der Waals surface area contributed by atoms with Crippen molar-refractivity contribution >= 4 is 5.97 Å². The SMILES string of the molecule is CCOC(=O)CCc1cnn(CC=C2CN(C(c3ccccc3)(c3ccccc3)c3ccccc3)CCC2O)c1. The molecule has 5 rings (SSSR count). The molecule has 6 nitrogen and oxygen atoms in total. The van der Waals surface area contributed by atoms with Crippen LogP contribution in [0.15, 0.2) is 115 Å². The second kappa shape index (κ2) is 12.9. The van der Waals surface area contributed by atoms with Crippen molar-refractivity contribution in [2.24, 2.45) is 0 Å². The third-order valence-corrected chi connectivity index (χ3v) is 7.67. The van der Waals surface area contributed by atoms with Crippen LogP contribution in [0.5, 0.6) is 0 Å². The molecule has 2 heterocycles. The highest BCUT2D eigenvalue weighted by Crippen LogP contribution is 2.44. The minimum atomic E-state index is -0.519. The first-order chi connectivity index (χ1) is 19.6. The minimum Gasteiger partial charge on any atom is -0.466 e. The van der Waals surface area contributed by atoms with Gasteiger partial charge in [-0.1, -0.05) is 97.1 Å². The summed E-state index contributed by atoms with van der Waals surface area (Å²) in [6, 6.07) is 32.0. The summed E-state index contributed by atoms with van der Waals surface area (Å²) in [5.74, 6) is -0.193. The van der Waals surface area contributed by atoms with E-state index in [1.807, 2.05) is 17.8 Å². The summed E-state index contributed by atoms with van der Waals surface area (Å²) in [6.45, 7) is 4.13. The smallest absolute Gasteiger partial charge is 0.306 e. The van der Waals surface area contributed by atoms with Gasteiger partial charge in [0.2, 0.25) is 0 Å². The fourth-order valence-electron chi connectivity index (χ4n) is 5.77. The number of likely N-dealkylation sites (tertiary alicyclic amines) is 1. The first kappa shape index (κ1) is 27.6. The summed E-state index contributed by atoms with van der Waals surface area (Å²) >= 11 is 0. The van der Waals surface area contributed by atoms with Crippen LogP contribution in [-0.2, 0) is 28.0 Å². The number of rotatable bonds is 10. The number of carbonyl (C=O) groups excluding carboxylic acids is 1. The number of aryl methyl sites for hydroxylation is 1. The summed E-state index contributed by atoms with van der Waals surface area (Å²) in [5, 5.41) is 15.6. The molecule has 0 amide bonds. The van der Waals surface area contributed by atoms with Crippen LogP contribution in [0.1, 0.15) is 42.0 Å². The van der Waals surface area contributed by atoms with E-state index >= 15 is 0 Å². The molecule has 0 aliphatic carbocycles.